The van der Waals surface area contributed by atoms with Crippen LogP contribution in [0.3, 0.4) is 0 Å². The minimum Gasteiger partial charge on any atom is -0.325 e. The van der Waals surface area contributed by atoms with Crippen LogP contribution in [0.2, 0.25) is 0 Å². The first-order valence-corrected chi connectivity index (χ1v) is 9.92. The van der Waals surface area contributed by atoms with Crippen LogP contribution >= 0.6 is 35.1 Å². The van der Waals surface area contributed by atoms with Crippen molar-refractivity contribution in [3.63, 3.8) is 0 Å². The number of nitrogens with two attached hydrogens (primary N) is 1. The highest BCUT2D eigenvalue weighted by atomic mass is 35.5. The molecule has 3 N–H and O–H groups in total. The molecular formula is C18H19ClN4OS2. The molecule has 0 aliphatic heterocycles. The molecule has 0 fully saturated rings. The quantitative estimate of drug-likeness (QED) is 0.686. The first-order valence-electron chi connectivity index (χ1n) is 8.22. The Labute approximate surface area is 166 Å². The van der Waals surface area contributed by atoms with E-state index in [0.717, 1.165) is 30.0 Å². The lowest BCUT2D eigenvalue weighted by atomic mass is 9.85. The molecule has 4 rings (SSSR count). The summed E-state index contributed by atoms with van der Waals surface area (Å²) in [6, 6.07) is 10.6. The largest absolute Gasteiger partial charge is 0.325 e. The molecule has 8 heteroatoms. The number of carbonyl (C=O) groups excluding carboxylic acids is 1. The first kappa shape index (κ1) is 19.0. The zero-order valence-corrected chi connectivity index (χ0v) is 16.4. The van der Waals surface area contributed by atoms with Crippen LogP contribution in [0.25, 0.3) is 0 Å². The molecule has 0 saturated heterocycles. The van der Waals surface area contributed by atoms with Gasteiger partial charge in [-0.3, -0.25) is 10.1 Å². The molecule has 1 amide bonds. The second-order valence-electron chi connectivity index (χ2n) is 6.02. The Morgan fingerprint density at radius 1 is 1.27 bits per heavy atom. The second kappa shape index (κ2) is 8.26. The Morgan fingerprint density at radius 2 is 2.08 bits per heavy atom. The van der Waals surface area contributed by atoms with Gasteiger partial charge in [0.05, 0.1) is 5.69 Å². The number of rotatable bonds is 4. The number of nitrogens with zero attached hydrogens (tertiary/aromatic N) is 2. The minimum atomic E-state index is -0.221. The number of thiazole rings is 2. The van der Waals surface area contributed by atoms with Gasteiger partial charge in [0.1, 0.15) is 10.7 Å². The van der Waals surface area contributed by atoms with E-state index in [1.807, 2.05) is 6.07 Å². The molecule has 1 atom stereocenters. The number of amides is 1. The molecule has 0 saturated carbocycles. The van der Waals surface area contributed by atoms with Gasteiger partial charge < -0.3 is 5.73 Å². The monoisotopic (exact) mass is 406 g/mol. The molecule has 5 nitrogen and oxygen atoms in total. The average Bonchev–Trinajstić information content (AvgIpc) is 3.28. The van der Waals surface area contributed by atoms with E-state index in [0.29, 0.717) is 23.3 Å². The molecule has 0 bridgehead atoms. The van der Waals surface area contributed by atoms with E-state index in [-0.39, 0.29) is 18.3 Å². The Kier molecular flexibility index (Phi) is 6.03. The number of hydrogen-bond donors (Lipinski definition) is 2. The van der Waals surface area contributed by atoms with Crippen molar-refractivity contribution in [1.29, 1.82) is 0 Å². The Morgan fingerprint density at radius 3 is 2.81 bits per heavy atom. The molecule has 0 radical (unpaired) electrons. The lowest BCUT2D eigenvalue weighted by Crippen LogP contribution is -2.13. The standard InChI is InChI=1S/C18H18N4OS2.ClH/c19-9-16-20-14(10-24-16)17(23)22-18-21-13-7-6-12(8-15(13)25-18)11-4-2-1-3-5-11;/h1-5,10,12H,6-9,19H2,(H,21,22,23);1H. The number of halogens is 1. The van der Waals surface area contributed by atoms with Crippen molar-refractivity contribution in [2.75, 3.05) is 5.32 Å². The Bertz CT molecular complexity index is 894. The van der Waals surface area contributed by atoms with Crippen LogP contribution < -0.4 is 11.1 Å². The molecule has 1 aliphatic carbocycles. The predicted octanol–water partition coefficient (Wildman–Crippen LogP) is 4.00. The molecule has 2 aromatic heterocycles. The topological polar surface area (TPSA) is 80.9 Å². The molecule has 136 valence electrons. The molecule has 0 spiro atoms. The van der Waals surface area contributed by atoms with Gasteiger partial charge in [0.15, 0.2) is 5.13 Å². The summed E-state index contributed by atoms with van der Waals surface area (Å²) < 4.78 is 0. The normalized spacial score (nSPS) is 15.8. The highest BCUT2D eigenvalue weighted by Crippen LogP contribution is 2.37. The van der Waals surface area contributed by atoms with Gasteiger partial charge in [-0.15, -0.1) is 35.1 Å². The molecule has 1 aliphatic rings. The Balaban J connectivity index is 0.00000196. The van der Waals surface area contributed by atoms with Gasteiger partial charge in [-0.1, -0.05) is 30.3 Å². The number of carbonyl (C=O) groups is 1. The highest BCUT2D eigenvalue weighted by molar-refractivity contribution is 7.16. The van der Waals surface area contributed by atoms with Gasteiger partial charge in [-0.2, -0.15) is 0 Å². The van der Waals surface area contributed by atoms with Gasteiger partial charge in [0.25, 0.3) is 5.91 Å². The molecule has 1 aromatic carbocycles. The first-order chi connectivity index (χ1) is 12.2. The van der Waals surface area contributed by atoms with E-state index in [4.69, 9.17) is 5.73 Å². The molecular weight excluding hydrogens is 388 g/mol. The van der Waals surface area contributed by atoms with Crippen molar-refractivity contribution >= 4 is 46.1 Å². The Hall–Kier alpha value is -1.80. The summed E-state index contributed by atoms with van der Waals surface area (Å²) in [5.74, 6) is 0.310. The molecule has 2 heterocycles. The van der Waals surface area contributed by atoms with Crippen LogP contribution in [0.15, 0.2) is 35.7 Å². The van der Waals surface area contributed by atoms with Crippen molar-refractivity contribution in [3.05, 3.63) is 62.5 Å². The zero-order chi connectivity index (χ0) is 17.2. The van der Waals surface area contributed by atoms with Gasteiger partial charge in [0, 0.05) is 16.8 Å². The fourth-order valence-electron chi connectivity index (χ4n) is 3.11. The van der Waals surface area contributed by atoms with Crippen LogP contribution in [0.1, 0.15) is 44.0 Å². The number of benzene rings is 1. The number of nitrogens with one attached hydrogen (secondary N) is 1. The maximum Gasteiger partial charge on any atom is 0.276 e. The van der Waals surface area contributed by atoms with Crippen LogP contribution in [0.4, 0.5) is 5.13 Å². The third kappa shape index (κ3) is 3.96. The SMILES string of the molecule is Cl.NCc1nc(C(=O)Nc2nc3c(s2)CC(c2ccccc2)CC3)cs1. The summed E-state index contributed by atoms with van der Waals surface area (Å²) >= 11 is 2.98. The number of aryl methyl sites for hydroxylation is 1. The van der Waals surface area contributed by atoms with Crippen molar-refractivity contribution in [3.8, 4) is 0 Å². The van der Waals surface area contributed by atoms with E-state index in [1.165, 1.54) is 21.8 Å². The van der Waals surface area contributed by atoms with Crippen LogP contribution in [0.5, 0.6) is 0 Å². The summed E-state index contributed by atoms with van der Waals surface area (Å²) in [4.78, 5) is 22.4. The fraction of sp³-hybridized carbons (Fsp3) is 0.278. The van der Waals surface area contributed by atoms with Gasteiger partial charge >= 0.3 is 0 Å². The van der Waals surface area contributed by atoms with Crippen LogP contribution in [0, 0.1) is 0 Å². The van der Waals surface area contributed by atoms with E-state index in [1.54, 1.807) is 16.7 Å². The average molecular weight is 407 g/mol. The maximum atomic E-state index is 12.3. The van der Waals surface area contributed by atoms with Crippen LogP contribution in [-0.4, -0.2) is 15.9 Å². The molecule has 1 unspecified atom stereocenters. The minimum absolute atomic E-state index is 0. The fourth-order valence-corrected chi connectivity index (χ4v) is 4.85. The lowest BCUT2D eigenvalue weighted by Gasteiger charge is -2.21. The summed E-state index contributed by atoms with van der Waals surface area (Å²) in [6.07, 6.45) is 3.04. The number of aromatic nitrogens is 2. The van der Waals surface area contributed by atoms with Gasteiger partial charge in [-0.05, 0) is 30.7 Å². The third-order valence-corrected chi connectivity index (χ3v) is 6.30. The smallest absolute Gasteiger partial charge is 0.276 e. The van der Waals surface area contributed by atoms with Crippen molar-refractivity contribution in [2.45, 2.75) is 31.7 Å². The number of fused-ring (bicyclic) bond motifs is 1. The third-order valence-electron chi connectivity index (χ3n) is 4.39. The van der Waals surface area contributed by atoms with Crippen molar-refractivity contribution < 1.29 is 4.79 Å². The van der Waals surface area contributed by atoms with Gasteiger partial charge in [0.2, 0.25) is 0 Å². The zero-order valence-electron chi connectivity index (χ0n) is 14.0. The second-order valence-corrected chi connectivity index (χ2v) is 8.05. The van der Waals surface area contributed by atoms with E-state index >= 15 is 0 Å². The predicted molar refractivity (Wildman–Crippen MR) is 109 cm³/mol. The van der Waals surface area contributed by atoms with E-state index < -0.39 is 0 Å². The maximum absolute atomic E-state index is 12.3. The summed E-state index contributed by atoms with van der Waals surface area (Å²) in [5, 5.41) is 6.03. The van der Waals surface area contributed by atoms with E-state index in [9.17, 15) is 4.79 Å². The summed E-state index contributed by atoms with van der Waals surface area (Å²) in [6.45, 7) is 0.352. The van der Waals surface area contributed by atoms with E-state index in [2.05, 4.69) is 39.6 Å². The lowest BCUT2D eigenvalue weighted by molar-refractivity contribution is 0.102. The molecule has 3 aromatic rings. The summed E-state index contributed by atoms with van der Waals surface area (Å²) in [5.41, 5.74) is 8.45. The number of anilines is 1. The molecule has 26 heavy (non-hydrogen) atoms. The van der Waals surface area contributed by atoms with Crippen molar-refractivity contribution in [1.82, 2.24) is 9.97 Å². The number of hydrogen-bond acceptors (Lipinski definition) is 6. The van der Waals surface area contributed by atoms with Crippen molar-refractivity contribution in [2.24, 2.45) is 5.73 Å². The van der Waals surface area contributed by atoms with Crippen LogP contribution in [-0.2, 0) is 19.4 Å². The summed E-state index contributed by atoms with van der Waals surface area (Å²) in [7, 11) is 0. The van der Waals surface area contributed by atoms with Gasteiger partial charge in [-0.25, -0.2) is 9.97 Å². The highest BCUT2D eigenvalue weighted by Gasteiger charge is 2.24.